The molecule has 0 aromatic heterocycles. The van der Waals surface area contributed by atoms with Crippen LogP contribution in [0.25, 0.3) is 0 Å². The second-order valence-electron chi connectivity index (χ2n) is 5.15. The fourth-order valence-electron chi connectivity index (χ4n) is 2.36. The Morgan fingerprint density at radius 3 is 2.42 bits per heavy atom. The van der Waals surface area contributed by atoms with E-state index in [2.05, 4.69) is 36.8 Å². The normalized spacial score (nSPS) is 26.8. The van der Waals surface area contributed by atoms with E-state index in [0.29, 0.717) is 5.25 Å². The number of carboxylic acid groups (broad SMARTS) is 1. The van der Waals surface area contributed by atoms with Crippen LogP contribution in [0, 0.1) is 5.92 Å². The number of rotatable bonds is 4. The maximum Gasteiger partial charge on any atom is 0.310 e. The fourth-order valence-corrected chi connectivity index (χ4v) is 3.20. The SMILES string of the molecule is CC(C)Sc1ccc(C2NNC(C)C2C(=O)O)cc1. The molecular weight excluding hydrogens is 260 g/mol. The summed E-state index contributed by atoms with van der Waals surface area (Å²) in [4.78, 5) is 12.5. The van der Waals surface area contributed by atoms with Gasteiger partial charge in [0, 0.05) is 16.2 Å². The molecule has 19 heavy (non-hydrogen) atoms. The quantitative estimate of drug-likeness (QED) is 0.739. The van der Waals surface area contributed by atoms with Gasteiger partial charge in [-0.2, -0.15) is 0 Å². The first-order chi connectivity index (χ1) is 8.99. The van der Waals surface area contributed by atoms with Crippen LogP contribution in [0.5, 0.6) is 0 Å². The lowest BCUT2D eigenvalue weighted by atomic mass is 9.90. The molecule has 4 nitrogen and oxygen atoms in total. The minimum absolute atomic E-state index is 0.0767. The summed E-state index contributed by atoms with van der Waals surface area (Å²) in [6.45, 7) is 6.20. The standard InChI is InChI=1S/C14H20N2O2S/c1-8(2)19-11-6-4-10(5-7-11)13-12(14(17)18)9(3)15-16-13/h4-9,12-13,15-16H,1-3H3,(H,17,18). The molecule has 1 aromatic rings. The van der Waals surface area contributed by atoms with Crippen LogP contribution in [-0.2, 0) is 4.79 Å². The Bertz CT molecular complexity index is 447. The lowest BCUT2D eigenvalue weighted by Gasteiger charge is -2.17. The molecule has 0 bridgehead atoms. The topological polar surface area (TPSA) is 61.4 Å². The van der Waals surface area contributed by atoms with Gasteiger partial charge in [0.1, 0.15) is 0 Å². The Hall–Kier alpha value is -1.04. The Kier molecular flexibility index (Phi) is 4.50. The maximum atomic E-state index is 11.3. The number of hydrogen-bond acceptors (Lipinski definition) is 4. The number of carboxylic acids is 1. The zero-order valence-corrected chi connectivity index (χ0v) is 12.2. The summed E-state index contributed by atoms with van der Waals surface area (Å²) in [5.41, 5.74) is 7.10. The van der Waals surface area contributed by atoms with E-state index in [4.69, 9.17) is 0 Å². The van der Waals surface area contributed by atoms with Gasteiger partial charge >= 0.3 is 5.97 Å². The minimum atomic E-state index is -0.768. The van der Waals surface area contributed by atoms with Crippen LogP contribution in [-0.4, -0.2) is 22.4 Å². The first-order valence-corrected chi connectivity index (χ1v) is 7.37. The van der Waals surface area contributed by atoms with Crippen molar-refractivity contribution in [3.8, 4) is 0 Å². The van der Waals surface area contributed by atoms with Gasteiger partial charge in [-0.25, -0.2) is 5.43 Å². The molecule has 1 heterocycles. The second-order valence-corrected chi connectivity index (χ2v) is 6.80. The lowest BCUT2D eigenvalue weighted by Crippen LogP contribution is -2.30. The van der Waals surface area contributed by atoms with Gasteiger partial charge in [0.2, 0.25) is 0 Å². The van der Waals surface area contributed by atoms with Crippen molar-refractivity contribution in [1.29, 1.82) is 0 Å². The summed E-state index contributed by atoms with van der Waals surface area (Å²) >= 11 is 1.80. The van der Waals surface area contributed by atoms with Crippen molar-refractivity contribution in [2.45, 2.75) is 43.0 Å². The highest BCUT2D eigenvalue weighted by atomic mass is 32.2. The third-order valence-electron chi connectivity index (χ3n) is 3.26. The largest absolute Gasteiger partial charge is 0.481 e. The molecule has 3 atom stereocenters. The van der Waals surface area contributed by atoms with Crippen LogP contribution < -0.4 is 10.9 Å². The monoisotopic (exact) mass is 280 g/mol. The molecule has 3 N–H and O–H groups in total. The molecule has 1 aliphatic heterocycles. The summed E-state index contributed by atoms with van der Waals surface area (Å²) in [7, 11) is 0. The predicted octanol–water partition coefficient (Wildman–Crippen LogP) is 2.43. The number of nitrogens with one attached hydrogen (secondary N) is 2. The molecule has 5 heteroatoms. The molecule has 1 saturated heterocycles. The van der Waals surface area contributed by atoms with Gasteiger partial charge in [-0.05, 0) is 24.6 Å². The average molecular weight is 280 g/mol. The van der Waals surface area contributed by atoms with Gasteiger partial charge in [-0.15, -0.1) is 11.8 Å². The Labute approximate surface area is 117 Å². The van der Waals surface area contributed by atoms with E-state index >= 15 is 0 Å². The highest BCUT2D eigenvalue weighted by Gasteiger charge is 2.39. The molecule has 0 radical (unpaired) electrons. The van der Waals surface area contributed by atoms with Gasteiger partial charge < -0.3 is 5.11 Å². The molecule has 2 rings (SSSR count). The second kappa shape index (κ2) is 5.94. The summed E-state index contributed by atoms with van der Waals surface area (Å²) in [6.07, 6.45) is 0. The van der Waals surface area contributed by atoms with E-state index in [1.165, 1.54) is 4.90 Å². The van der Waals surface area contributed by atoms with Gasteiger partial charge in [-0.3, -0.25) is 10.2 Å². The van der Waals surface area contributed by atoms with Crippen molar-refractivity contribution >= 4 is 17.7 Å². The number of hydrogen-bond donors (Lipinski definition) is 3. The molecular formula is C14H20N2O2S. The summed E-state index contributed by atoms with van der Waals surface area (Å²) in [5.74, 6) is -1.21. The molecule has 3 unspecified atom stereocenters. The maximum absolute atomic E-state index is 11.3. The zero-order valence-electron chi connectivity index (χ0n) is 11.4. The highest BCUT2D eigenvalue weighted by molar-refractivity contribution is 7.99. The van der Waals surface area contributed by atoms with Crippen LogP contribution in [0.2, 0.25) is 0 Å². The van der Waals surface area contributed by atoms with Crippen LogP contribution in [0.3, 0.4) is 0 Å². The predicted molar refractivity (Wildman–Crippen MR) is 77.0 cm³/mol. The van der Waals surface area contributed by atoms with Crippen LogP contribution in [0.15, 0.2) is 29.2 Å². The van der Waals surface area contributed by atoms with Crippen molar-refractivity contribution in [1.82, 2.24) is 10.9 Å². The lowest BCUT2D eigenvalue weighted by molar-refractivity contribution is -0.142. The van der Waals surface area contributed by atoms with Gasteiger partial charge in [0.15, 0.2) is 0 Å². The van der Waals surface area contributed by atoms with E-state index in [1.807, 2.05) is 19.1 Å². The van der Waals surface area contributed by atoms with Crippen molar-refractivity contribution < 1.29 is 9.90 Å². The van der Waals surface area contributed by atoms with E-state index < -0.39 is 11.9 Å². The number of carbonyl (C=O) groups is 1. The Morgan fingerprint density at radius 1 is 1.26 bits per heavy atom. The number of aliphatic carboxylic acids is 1. The first-order valence-electron chi connectivity index (χ1n) is 6.49. The van der Waals surface area contributed by atoms with Crippen LogP contribution >= 0.6 is 11.8 Å². The van der Waals surface area contributed by atoms with Crippen molar-refractivity contribution in [3.63, 3.8) is 0 Å². The van der Waals surface area contributed by atoms with Crippen LogP contribution in [0.1, 0.15) is 32.4 Å². The third kappa shape index (κ3) is 3.29. The van der Waals surface area contributed by atoms with Crippen LogP contribution in [0.4, 0.5) is 0 Å². The zero-order chi connectivity index (χ0) is 14.0. The van der Waals surface area contributed by atoms with E-state index in [9.17, 15) is 9.90 Å². The average Bonchev–Trinajstić information content (AvgIpc) is 2.71. The number of benzene rings is 1. The van der Waals surface area contributed by atoms with Crippen molar-refractivity contribution in [3.05, 3.63) is 29.8 Å². The van der Waals surface area contributed by atoms with Gasteiger partial charge in [-0.1, -0.05) is 26.0 Å². The van der Waals surface area contributed by atoms with E-state index in [-0.39, 0.29) is 12.1 Å². The molecule has 0 spiro atoms. The third-order valence-corrected chi connectivity index (χ3v) is 4.28. The van der Waals surface area contributed by atoms with E-state index in [0.717, 1.165) is 5.56 Å². The summed E-state index contributed by atoms with van der Waals surface area (Å²) in [5, 5.41) is 9.85. The molecule has 0 aliphatic carbocycles. The van der Waals surface area contributed by atoms with Gasteiger partial charge in [0.05, 0.1) is 12.0 Å². The molecule has 1 fully saturated rings. The summed E-state index contributed by atoms with van der Waals surface area (Å²) in [6, 6.07) is 7.89. The van der Waals surface area contributed by atoms with Gasteiger partial charge in [0.25, 0.3) is 0 Å². The number of thioether (sulfide) groups is 1. The molecule has 0 saturated carbocycles. The highest BCUT2D eigenvalue weighted by Crippen LogP contribution is 2.31. The number of hydrazine groups is 1. The van der Waals surface area contributed by atoms with E-state index in [1.54, 1.807) is 11.8 Å². The Balaban J connectivity index is 2.15. The summed E-state index contributed by atoms with van der Waals surface area (Å²) < 4.78 is 0. The minimum Gasteiger partial charge on any atom is -0.481 e. The smallest absolute Gasteiger partial charge is 0.310 e. The van der Waals surface area contributed by atoms with Crippen molar-refractivity contribution in [2.24, 2.45) is 5.92 Å². The first kappa shape index (κ1) is 14.4. The molecule has 1 aliphatic rings. The van der Waals surface area contributed by atoms with Crippen molar-refractivity contribution in [2.75, 3.05) is 0 Å². The Morgan fingerprint density at radius 2 is 1.89 bits per heavy atom. The molecule has 104 valence electrons. The molecule has 1 aromatic carbocycles. The molecule has 0 amide bonds. The fraction of sp³-hybridized carbons (Fsp3) is 0.500.